The molecule has 1 aromatic heterocycles. The Balaban J connectivity index is 2.01. The quantitative estimate of drug-likeness (QED) is 0.811. The van der Waals surface area contributed by atoms with E-state index in [4.69, 9.17) is 4.42 Å². The zero-order valence-electron chi connectivity index (χ0n) is 10.6. The van der Waals surface area contributed by atoms with Crippen LogP contribution >= 0.6 is 11.8 Å². The second kappa shape index (κ2) is 6.44. The minimum Gasteiger partial charge on any atom is -0.423 e. The van der Waals surface area contributed by atoms with Crippen LogP contribution in [-0.4, -0.2) is 28.8 Å². The van der Waals surface area contributed by atoms with Gasteiger partial charge < -0.3 is 9.73 Å². The summed E-state index contributed by atoms with van der Waals surface area (Å²) >= 11 is 1.87. The van der Waals surface area contributed by atoms with Gasteiger partial charge in [-0.1, -0.05) is 0 Å². The van der Waals surface area contributed by atoms with Gasteiger partial charge in [0, 0.05) is 17.8 Å². The topological polar surface area (TPSA) is 51.0 Å². The fraction of sp³-hybridized carbons (Fsp3) is 0.385. The van der Waals surface area contributed by atoms with Crippen LogP contribution in [0.15, 0.2) is 29.0 Å². The standard InChI is InChI=1S/C13H17N3OS/c1-10-8-11(13-16-15-9-17-13)4-5-12(10)14-6-3-7-18-2/h4-5,8-9,14H,3,6-7H2,1-2H3. The molecular formula is C13H17N3OS. The maximum absolute atomic E-state index is 5.18. The van der Waals surface area contributed by atoms with Crippen LogP contribution in [0.1, 0.15) is 12.0 Å². The molecule has 2 rings (SSSR count). The smallest absolute Gasteiger partial charge is 0.247 e. The molecule has 0 fully saturated rings. The summed E-state index contributed by atoms with van der Waals surface area (Å²) in [5.74, 6) is 1.75. The van der Waals surface area contributed by atoms with Crippen molar-refractivity contribution in [3.8, 4) is 11.5 Å². The number of anilines is 1. The van der Waals surface area contributed by atoms with Gasteiger partial charge in [0.15, 0.2) is 0 Å². The SMILES string of the molecule is CSCCCNc1ccc(-c2nnco2)cc1C. The molecule has 4 nitrogen and oxygen atoms in total. The Labute approximate surface area is 111 Å². The molecule has 0 saturated carbocycles. The van der Waals surface area contributed by atoms with Crippen LogP contribution in [0.5, 0.6) is 0 Å². The molecule has 1 aromatic carbocycles. The van der Waals surface area contributed by atoms with Gasteiger partial charge in [0.05, 0.1) is 0 Å². The maximum atomic E-state index is 5.18. The van der Waals surface area contributed by atoms with E-state index in [2.05, 4.69) is 40.8 Å². The number of nitrogens with zero attached hydrogens (tertiary/aromatic N) is 2. The van der Waals surface area contributed by atoms with Crippen LogP contribution in [0.3, 0.4) is 0 Å². The Kier molecular flexibility index (Phi) is 4.64. The molecule has 1 N–H and O–H groups in total. The average molecular weight is 263 g/mol. The minimum atomic E-state index is 0.562. The molecule has 0 aliphatic rings. The van der Waals surface area contributed by atoms with Crippen molar-refractivity contribution >= 4 is 17.4 Å². The van der Waals surface area contributed by atoms with E-state index in [0.717, 1.165) is 12.1 Å². The van der Waals surface area contributed by atoms with Crippen LogP contribution in [0.4, 0.5) is 5.69 Å². The highest BCUT2D eigenvalue weighted by Gasteiger charge is 2.05. The van der Waals surface area contributed by atoms with Crippen LogP contribution < -0.4 is 5.32 Å². The van der Waals surface area contributed by atoms with E-state index in [0.29, 0.717) is 5.89 Å². The van der Waals surface area contributed by atoms with Gasteiger partial charge in [-0.25, -0.2) is 0 Å². The van der Waals surface area contributed by atoms with Crippen molar-refractivity contribution in [2.75, 3.05) is 23.9 Å². The summed E-state index contributed by atoms with van der Waals surface area (Å²) in [6.45, 7) is 3.08. The van der Waals surface area contributed by atoms with Crippen LogP contribution in [-0.2, 0) is 0 Å². The third-order valence-electron chi connectivity index (χ3n) is 2.67. The summed E-state index contributed by atoms with van der Waals surface area (Å²) in [6, 6.07) is 6.12. The number of aryl methyl sites for hydroxylation is 1. The highest BCUT2D eigenvalue weighted by atomic mass is 32.2. The van der Waals surface area contributed by atoms with Crippen molar-refractivity contribution in [2.45, 2.75) is 13.3 Å². The Hall–Kier alpha value is -1.49. The van der Waals surface area contributed by atoms with Gasteiger partial charge in [-0.05, 0) is 49.1 Å². The average Bonchev–Trinajstić information content (AvgIpc) is 2.90. The first-order valence-corrected chi connectivity index (χ1v) is 7.30. The van der Waals surface area contributed by atoms with Gasteiger partial charge in [0.25, 0.3) is 0 Å². The highest BCUT2D eigenvalue weighted by molar-refractivity contribution is 7.98. The second-order valence-electron chi connectivity index (χ2n) is 4.05. The van der Waals surface area contributed by atoms with Gasteiger partial charge in [-0.15, -0.1) is 10.2 Å². The van der Waals surface area contributed by atoms with Crippen LogP contribution in [0, 0.1) is 6.92 Å². The number of nitrogens with one attached hydrogen (secondary N) is 1. The zero-order valence-corrected chi connectivity index (χ0v) is 11.5. The number of benzene rings is 1. The Morgan fingerprint density at radius 3 is 2.94 bits per heavy atom. The summed E-state index contributed by atoms with van der Waals surface area (Å²) in [6.07, 6.45) is 4.65. The number of rotatable bonds is 6. The van der Waals surface area contributed by atoms with Gasteiger partial charge in [-0.3, -0.25) is 0 Å². The minimum absolute atomic E-state index is 0.562. The molecule has 96 valence electrons. The van der Waals surface area contributed by atoms with Crippen LogP contribution in [0.25, 0.3) is 11.5 Å². The predicted octanol–water partition coefficient (Wildman–Crippen LogP) is 3.21. The third-order valence-corrected chi connectivity index (χ3v) is 3.37. The summed E-state index contributed by atoms with van der Waals surface area (Å²) in [7, 11) is 0. The maximum Gasteiger partial charge on any atom is 0.247 e. The van der Waals surface area contributed by atoms with E-state index in [1.807, 2.05) is 17.8 Å². The summed E-state index contributed by atoms with van der Waals surface area (Å²) in [5.41, 5.74) is 3.31. The predicted molar refractivity (Wildman–Crippen MR) is 76.0 cm³/mol. The summed E-state index contributed by atoms with van der Waals surface area (Å²) in [4.78, 5) is 0. The number of thioether (sulfide) groups is 1. The van der Waals surface area contributed by atoms with E-state index >= 15 is 0 Å². The largest absolute Gasteiger partial charge is 0.423 e. The molecule has 0 saturated heterocycles. The molecule has 0 unspecified atom stereocenters. The lowest BCUT2D eigenvalue weighted by Crippen LogP contribution is -2.03. The third kappa shape index (κ3) is 3.26. The normalized spacial score (nSPS) is 10.6. The molecular weight excluding hydrogens is 246 g/mol. The number of hydrogen-bond acceptors (Lipinski definition) is 5. The lowest BCUT2D eigenvalue weighted by molar-refractivity contribution is 0.568. The molecule has 5 heteroatoms. The molecule has 0 bridgehead atoms. The Morgan fingerprint density at radius 1 is 1.39 bits per heavy atom. The zero-order chi connectivity index (χ0) is 12.8. The second-order valence-corrected chi connectivity index (χ2v) is 5.03. The fourth-order valence-electron chi connectivity index (χ4n) is 1.73. The van der Waals surface area contributed by atoms with Crippen molar-refractivity contribution in [1.29, 1.82) is 0 Å². The Morgan fingerprint density at radius 2 is 2.28 bits per heavy atom. The van der Waals surface area contributed by atoms with E-state index in [1.165, 1.54) is 29.8 Å². The molecule has 0 amide bonds. The van der Waals surface area contributed by atoms with Gasteiger partial charge >= 0.3 is 0 Å². The van der Waals surface area contributed by atoms with Crippen molar-refractivity contribution in [3.05, 3.63) is 30.2 Å². The Bertz CT molecular complexity index is 485. The molecule has 0 aliphatic carbocycles. The molecule has 0 radical (unpaired) electrons. The molecule has 18 heavy (non-hydrogen) atoms. The van der Waals surface area contributed by atoms with Crippen molar-refractivity contribution < 1.29 is 4.42 Å². The molecule has 0 aliphatic heterocycles. The van der Waals surface area contributed by atoms with Gasteiger partial charge in [0.2, 0.25) is 12.3 Å². The van der Waals surface area contributed by atoms with Crippen molar-refractivity contribution in [1.82, 2.24) is 10.2 Å². The van der Waals surface area contributed by atoms with E-state index in [1.54, 1.807) is 0 Å². The van der Waals surface area contributed by atoms with Crippen molar-refractivity contribution in [3.63, 3.8) is 0 Å². The summed E-state index contributed by atoms with van der Waals surface area (Å²) in [5, 5.41) is 11.0. The van der Waals surface area contributed by atoms with Gasteiger partial charge in [-0.2, -0.15) is 11.8 Å². The fourth-order valence-corrected chi connectivity index (χ4v) is 2.17. The van der Waals surface area contributed by atoms with Gasteiger partial charge in [0.1, 0.15) is 0 Å². The number of hydrogen-bond donors (Lipinski definition) is 1. The molecule has 0 atom stereocenters. The van der Waals surface area contributed by atoms with E-state index in [-0.39, 0.29) is 0 Å². The van der Waals surface area contributed by atoms with Crippen molar-refractivity contribution in [2.24, 2.45) is 0 Å². The van der Waals surface area contributed by atoms with Crippen LogP contribution in [0.2, 0.25) is 0 Å². The lowest BCUT2D eigenvalue weighted by Gasteiger charge is -2.09. The van der Waals surface area contributed by atoms with E-state index in [9.17, 15) is 0 Å². The lowest BCUT2D eigenvalue weighted by atomic mass is 10.1. The first-order valence-electron chi connectivity index (χ1n) is 5.91. The highest BCUT2D eigenvalue weighted by Crippen LogP contribution is 2.23. The number of aromatic nitrogens is 2. The first-order chi connectivity index (χ1) is 8.81. The molecule has 1 heterocycles. The first kappa shape index (κ1) is 13.0. The monoisotopic (exact) mass is 263 g/mol. The van der Waals surface area contributed by atoms with E-state index < -0.39 is 0 Å². The summed E-state index contributed by atoms with van der Waals surface area (Å²) < 4.78 is 5.18. The molecule has 2 aromatic rings. The molecule has 0 spiro atoms.